The Hall–Kier alpha value is -2.64. The number of piperidine rings is 1. The Kier molecular flexibility index (Phi) is 7.65. The van der Waals surface area contributed by atoms with Crippen molar-refractivity contribution < 1.29 is 19.0 Å². The van der Waals surface area contributed by atoms with Gasteiger partial charge in [0.15, 0.2) is 11.5 Å². The van der Waals surface area contributed by atoms with E-state index in [0.717, 1.165) is 38.0 Å². The van der Waals surface area contributed by atoms with Crippen LogP contribution < -0.4 is 24.8 Å². The molecule has 0 aromatic heterocycles. The minimum absolute atomic E-state index is 0.139. The highest BCUT2D eigenvalue weighted by atomic mass is 35.5. The maximum absolute atomic E-state index is 12.2. The maximum Gasteiger partial charge on any atom is 0.319 e. The third-order valence-corrected chi connectivity index (χ3v) is 5.37. The highest BCUT2D eigenvalue weighted by Gasteiger charge is 2.22. The first-order valence-corrected chi connectivity index (χ1v) is 10.2. The van der Waals surface area contributed by atoms with Crippen LogP contribution in [0.1, 0.15) is 18.4 Å². The molecule has 2 aromatic rings. The molecule has 0 unspecified atom stereocenters. The monoisotopic (exact) mass is 433 g/mol. The second-order valence-corrected chi connectivity index (χ2v) is 7.63. The van der Waals surface area contributed by atoms with Gasteiger partial charge in [-0.05, 0) is 48.7 Å². The molecule has 2 N–H and O–H groups in total. The van der Waals surface area contributed by atoms with Gasteiger partial charge in [-0.3, -0.25) is 4.90 Å². The van der Waals surface area contributed by atoms with Gasteiger partial charge in [0, 0.05) is 36.4 Å². The number of amides is 2. The summed E-state index contributed by atoms with van der Waals surface area (Å²) in [5, 5.41) is 6.47. The van der Waals surface area contributed by atoms with Crippen molar-refractivity contribution in [2.45, 2.75) is 25.4 Å². The molecule has 2 amide bonds. The van der Waals surface area contributed by atoms with E-state index >= 15 is 0 Å². The normalized spacial score (nSPS) is 14.8. The smallest absolute Gasteiger partial charge is 0.319 e. The molecule has 162 valence electrons. The first-order chi connectivity index (χ1) is 14.5. The Morgan fingerprint density at radius 1 is 1.07 bits per heavy atom. The summed E-state index contributed by atoms with van der Waals surface area (Å²) in [5.74, 6) is 1.90. The van der Waals surface area contributed by atoms with Crippen LogP contribution in [0.4, 0.5) is 10.5 Å². The Morgan fingerprint density at radius 2 is 1.73 bits per heavy atom. The van der Waals surface area contributed by atoms with Gasteiger partial charge >= 0.3 is 6.03 Å². The number of likely N-dealkylation sites (tertiary alicyclic amines) is 1. The third-order valence-electron chi connectivity index (χ3n) is 5.14. The van der Waals surface area contributed by atoms with Gasteiger partial charge in [-0.2, -0.15) is 0 Å². The molecule has 0 aliphatic carbocycles. The van der Waals surface area contributed by atoms with Crippen LogP contribution >= 0.6 is 11.6 Å². The van der Waals surface area contributed by atoms with E-state index in [2.05, 4.69) is 15.5 Å². The van der Waals surface area contributed by atoms with Crippen molar-refractivity contribution in [3.05, 3.63) is 47.0 Å². The number of rotatable bonds is 7. The number of nitrogens with one attached hydrogen (secondary N) is 2. The van der Waals surface area contributed by atoms with E-state index in [9.17, 15) is 4.79 Å². The summed E-state index contributed by atoms with van der Waals surface area (Å²) >= 11 is 5.96. The molecule has 1 heterocycles. The quantitative estimate of drug-likeness (QED) is 0.686. The number of hydrogen-bond donors (Lipinski definition) is 2. The molecule has 0 atom stereocenters. The topological polar surface area (TPSA) is 72.1 Å². The molecule has 0 bridgehead atoms. The SMILES string of the molecule is COc1cc(CN2CCC(NC(=O)Nc3cccc(Cl)c3)CC2)cc(OC)c1OC. The number of hydrogen-bond acceptors (Lipinski definition) is 5. The van der Waals surface area contributed by atoms with E-state index in [4.69, 9.17) is 25.8 Å². The number of benzene rings is 2. The molecule has 1 saturated heterocycles. The minimum atomic E-state index is -0.208. The predicted octanol–water partition coefficient (Wildman–Crippen LogP) is 4.15. The standard InChI is InChI=1S/C22H28ClN3O4/c1-28-19-11-15(12-20(29-2)21(19)30-3)14-26-9-7-17(8-10-26)24-22(27)25-18-6-4-5-16(23)13-18/h4-6,11-13,17H,7-10,14H2,1-3H3,(H2,24,25,27). The van der Waals surface area contributed by atoms with Crippen LogP contribution in [0.3, 0.4) is 0 Å². The number of methoxy groups -OCH3 is 3. The average Bonchev–Trinajstić information content (AvgIpc) is 2.74. The molecule has 1 aliphatic heterocycles. The van der Waals surface area contributed by atoms with Crippen LogP contribution in [0.15, 0.2) is 36.4 Å². The lowest BCUT2D eigenvalue weighted by Gasteiger charge is -2.32. The largest absolute Gasteiger partial charge is 0.493 e. The first-order valence-electron chi connectivity index (χ1n) is 9.86. The van der Waals surface area contributed by atoms with Crippen molar-refractivity contribution in [2.75, 3.05) is 39.7 Å². The second-order valence-electron chi connectivity index (χ2n) is 7.19. The molecule has 0 radical (unpaired) electrons. The molecule has 30 heavy (non-hydrogen) atoms. The van der Waals surface area contributed by atoms with Gasteiger partial charge in [0.25, 0.3) is 0 Å². The van der Waals surface area contributed by atoms with E-state index in [1.54, 1.807) is 39.5 Å². The van der Waals surface area contributed by atoms with Crippen LogP contribution in [-0.2, 0) is 6.54 Å². The zero-order valence-electron chi connectivity index (χ0n) is 17.5. The van der Waals surface area contributed by atoms with E-state index in [1.165, 1.54) is 0 Å². The molecule has 7 nitrogen and oxygen atoms in total. The van der Waals surface area contributed by atoms with Gasteiger partial charge < -0.3 is 24.8 Å². The number of carbonyl (C=O) groups is 1. The molecular weight excluding hydrogens is 406 g/mol. The lowest BCUT2D eigenvalue weighted by Crippen LogP contribution is -2.45. The van der Waals surface area contributed by atoms with Crippen molar-refractivity contribution in [1.82, 2.24) is 10.2 Å². The minimum Gasteiger partial charge on any atom is -0.493 e. The van der Waals surface area contributed by atoms with Crippen molar-refractivity contribution >= 4 is 23.3 Å². The van der Waals surface area contributed by atoms with Gasteiger partial charge in [-0.1, -0.05) is 17.7 Å². The molecule has 0 spiro atoms. The zero-order chi connectivity index (χ0) is 21.5. The lowest BCUT2D eigenvalue weighted by atomic mass is 10.0. The highest BCUT2D eigenvalue weighted by molar-refractivity contribution is 6.30. The molecule has 1 fully saturated rings. The molecular formula is C22H28ClN3O4. The Bertz CT molecular complexity index is 844. The van der Waals surface area contributed by atoms with Gasteiger partial charge in [0.05, 0.1) is 21.3 Å². The summed E-state index contributed by atoms with van der Waals surface area (Å²) in [6, 6.07) is 11.0. The van der Waals surface area contributed by atoms with Crippen LogP contribution in [-0.4, -0.2) is 51.4 Å². The van der Waals surface area contributed by atoms with Crippen LogP contribution in [0.5, 0.6) is 17.2 Å². The number of urea groups is 1. The number of carbonyl (C=O) groups excluding carboxylic acids is 1. The van der Waals surface area contributed by atoms with Crippen molar-refractivity contribution in [3.8, 4) is 17.2 Å². The van der Waals surface area contributed by atoms with E-state index < -0.39 is 0 Å². The Labute approximate surface area is 182 Å². The number of halogens is 1. The second kappa shape index (κ2) is 10.4. The zero-order valence-corrected chi connectivity index (χ0v) is 18.3. The fraction of sp³-hybridized carbons (Fsp3) is 0.409. The Balaban J connectivity index is 1.51. The fourth-order valence-electron chi connectivity index (χ4n) is 3.64. The van der Waals surface area contributed by atoms with Crippen LogP contribution in [0.2, 0.25) is 5.02 Å². The maximum atomic E-state index is 12.2. The van der Waals surface area contributed by atoms with Gasteiger partial charge in [0.1, 0.15) is 0 Å². The molecule has 8 heteroatoms. The summed E-state index contributed by atoms with van der Waals surface area (Å²) < 4.78 is 16.3. The van der Waals surface area contributed by atoms with Crippen LogP contribution in [0, 0.1) is 0 Å². The first kappa shape index (κ1) is 22.1. The Morgan fingerprint density at radius 3 is 2.30 bits per heavy atom. The van der Waals surface area contributed by atoms with Gasteiger partial charge in [0.2, 0.25) is 5.75 Å². The van der Waals surface area contributed by atoms with E-state index in [1.807, 2.05) is 18.2 Å². The highest BCUT2D eigenvalue weighted by Crippen LogP contribution is 2.38. The number of anilines is 1. The summed E-state index contributed by atoms with van der Waals surface area (Å²) in [5.41, 5.74) is 1.77. The fourth-order valence-corrected chi connectivity index (χ4v) is 3.83. The third kappa shape index (κ3) is 5.70. The molecule has 0 saturated carbocycles. The van der Waals surface area contributed by atoms with E-state index in [0.29, 0.717) is 28.0 Å². The summed E-state index contributed by atoms with van der Waals surface area (Å²) in [7, 11) is 4.83. The molecule has 2 aromatic carbocycles. The van der Waals surface area contributed by atoms with Crippen molar-refractivity contribution in [2.24, 2.45) is 0 Å². The van der Waals surface area contributed by atoms with Crippen LogP contribution in [0.25, 0.3) is 0 Å². The summed E-state index contributed by atoms with van der Waals surface area (Å²) in [6.45, 7) is 2.55. The summed E-state index contributed by atoms with van der Waals surface area (Å²) in [6.07, 6.45) is 1.76. The number of ether oxygens (including phenoxy) is 3. The van der Waals surface area contributed by atoms with Crippen molar-refractivity contribution in [1.29, 1.82) is 0 Å². The molecule has 1 aliphatic rings. The van der Waals surface area contributed by atoms with Crippen molar-refractivity contribution in [3.63, 3.8) is 0 Å². The average molecular weight is 434 g/mol. The predicted molar refractivity (Wildman–Crippen MR) is 118 cm³/mol. The summed E-state index contributed by atoms with van der Waals surface area (Å²) in [4.78, 5) is 14.6. The van der Waals surface area contributed by atoms with Gasteiger partial charge in [-0.25, -0.2) is 4.79 Å². The number of nitrogens with zero attached hydrogens (tertiary/aromatic N) is 1. The molecule has 3 rings (SSSR count). The lowest BCUT2D eigenvalue weighted by molar-refractivity contribution is 0.189. The van der Waals surface area contributed by atoms with Gasteiger partial charge in [-0.15, -0.1) is 0 Å². The van der Waals surface area contributed by atoms with E-state index in [-0.39, 0.29) is 12.1 Å².